The zero-order valence-corrected chi connectivity index (χ0v) is 19.4. The fraction of sp³-hybridized carbons (Fsp3) is 0.235. The predicted molar refractivity (Wildman–Crippen MR) is 116 cm³/mol. The highest BCUT2D eigenvalue weighted by Gasteiger charge is 2.25. The Morgan fingerprint density at radius 1 is 1.25 bits per heavy atom. The Labute approximate surface area is 198 Å². The summed E-state index contributed by atoms with van der Waals surface area (Å²) in [5.74, 6) is -1.60. The van der Waals surface area contributed by atoms with Gasteiger partial charge in [0.05, 0.1) is 21.4 Å². The summed E-state index contributed by atoms with van der Waals surface area (Å²) in [5, 5.41) is 24.3. The minimum absolute atomic E-state index is 0.0348. The quantitative estimate of drug-likeness (QED) is 0.248. The van der Waals surface area contributed by atoms with Crippen LogP contribution in [-0.4, -0.2) is 49.7 Å². The Bertz CT molecular complexity index is 1200. The van der Waals surface area contributed by atoms with Crippen LogP contribution in [0.1, 0.15) is 32.6 Å². The number of hydrogen-bond acceptors (Lipinski definition) is 8. The number of rotatable bonds is 8. The molecule has 0 bridgehead atoms. The van der Waals surface area contributed by atoms with Gasteiger partial charge in [-0.05, 0) is 46.0 Å². The first-order chi connectivity index (χ1) is 15.2. The Kier molecular flexibility index (Phi) is 7.43. The third-order valence-electron chi connectivity index (χ3n) is 4.11. The molecule has 0 aliphatic heterocycles. The SMILES string of the molecule is Cc1c(Br)c([N+](=O)[O-])nn1Cc1noc(C(=O)NCCNC(=O)c2ccc(Cl)cc2Cl)n1. The summed E-state index contributed by atoms with van der Waals surface area (Å²) in [6.07, 6.45) is 0. The average molecular weight is 547 g/mol. The van der Waals surface area contributed by atoms with E-state index in [1.165, 1.54) is 16.8 Å². The van der Waals surface area contributed by atoms with Crippen LogP contribution in [0.5, 0.6) is 0 Å². The van der Waals surface area contributed by atoms with Crippen LogP contribution >= 0.6 is 39.1 Å². The van der Waals surface area contributed by atoms with Crippen molar-refractivity contribution in [1.29, 1.82) is 0 Å². The van der Waals surface area contributed by atoms with Gasteiger partial charge in [-0.2, -0.15) is 9.67 Å². The van der Waals surface area contributed by atoms with Crippen molar-refractivity contribution in [1.82, 2.24) is 30.6 Å². The van der Waals surface area contributed by atoms with Crippen LogP contribution in [0.4, 0.5) is 5.82 Å². The van der Waals surface area contributed by atoms with Crippen molar-refractivity contribution in [3.8, 4) is 0 Å². The van der Waals surface area contributed by atoms with Crippen molar-refractivity contribution in [2.24, 2.45) is 0 Å². The lowest BCUT2D eigenvalue weighted by Gasteiger charge is -2.07. The molecule has 0 atom stereocenters. The van der Waals surface area contributed by atoms with Gasteiger partial charge in [0.1, 0.15) is 11.0 Å². The molecule has 3 aromatic rings. The van der Waals surface area contributed by atoms with E-state index in [-0.39, 0.29) is 52.2 Å². The number of benzene rings is 1. The molecule has 0 saturated heterocycles. The van der Waals surface area contributed by atoms with Gasteiger partial charge in [0.15, 0.2) is 5.82 Å². The van der Waals surface area contributed by atoms with Gasteiger partial charge in [0.2, 0.25) is 0 Å². The van der Waals surface area contributed by atoms with E-state index in [1.807, 2.05) is 0 Å². The monoisotopic (exact) mass is 545 g/mol. The Balaban J connectivity index is 1.51. The maximum Gasteiger partial charge on any atom is 0.404 e. The number of nitro groups is 1. The molecule has 1 aromatic carbocycles. The van der Waals surface area contributed by atoms with E-state index in [1.54, 1.807) is 13.0 Å². The first kappa shape index (κ1) is 23.6. The smallest absolute Gasteiger partial charge is 0.358 e. The topological polar surface area (TPSA) is 158 Å². The van der Waals surface area contributed by atoms with Crippen LogP contribution in [-0.2, 0) is 6.54 Å². The van der Waals surface area contributed by atoms with Crippen molar-refractivity contribution >= 4 is 56.8 Å². The summed E-state index contributed by atoms with van der Waals surface area (Å²) in [6, 6.07) is 4.49. The molecule has 12 nitrogen and oxygen atoms in total. The number of hydrogen-bond donors (Lipinski definition) is 2. The van der Waals surface area contributed by atoms with Crippen LogP contribution < -0.4 is 10.6 Å². The molecule has 168 valence electrons. The van der Waals surface area contributed by atoms with Crippen molar-refractivity contribution in [2.75, 3.05) is 13.1 Å². The van der Waals surface area contributed by atoms with Crippen LogP contribution in [0.2, 0.25) is 10.0 Å². The molecule has 2 heterocycles. The molecule has 2 amide bonds. The third kappa shape index (κ3) is 5.41. The fourth-order valence-electron chi connectivity index (χ4n) is 2.52. The van der Waals surface area contributed by atoms with Gasteiger partial charge in [-0.3, -0.25) is 9.59 Å². The number of halogens is 3. The van der Waals surface area contributed by atoms with E-state index in [9.17, 15) is 19.7 Å². The zero-order valence-electron chi connectivity index (χ0n) is 16.3. The molecule has 0 fully saturated rings. The lowest BCUT2D eigenvalue weighted by atomic mass is 10.2. The third-order valence-corrected chi connectivity index (χ3v) is 5.59. The Hall–Kier alpha value is -3.03. The van der Waals surface area contributed by atoms with Gasteiger partial charge in [-0.1, -0.05) is 28.4 Å². The predicted octanol–water partition coefficient (Wildman–Crippen LogP) is 2.76. The summed E-state index contributed by atoms with van der Waals surface area (Å²) in [6.45, 7) is 1.80. The Morgan fingerprint density at radius 3 is 2.56 bits per heavy atom. The molecule has 15 heteroatoms. The van der Waals surface area contributed by atoms with Crippen molar-refractivity contribution in [2.45, 2.75) is 13.5 Å². The summed E-state index contributed by atoms with van der Waals surface area (Å²) >= 11 is 14.9. The van der Waals surface area contributed by atoms with E-state index in [0.717, 1.165) is 0 Å². The highest BCUT2D eigenvalue weighted by molar-refractivity contribution is 9.10. The van der Waals surface area contributed by atoms with E-state index >= 15 is 0 Å². The summed E-state index contributed by atoms with van der Waals surface area (Å²) < 4.78 is 6.47. The minimum Gasteiger partial charge on any atom is -0.358 e. The van der Waals surface area contributed by atoms with Crippen LogP contribution in [0.3, 0.4) is 0 Å². The lowest BCUT2D eigenvalue weighted by molar-refractivity contribution is -0.390. The Morgan fingerprint density at radius 2 is 1.94 bits per heavy atom. The molecule has 0 aliphatic carbocycles. The molecular formula is C17H14BrCl2N7O5. The number of carbonyl (C=O) groups is 2. The van der Waals surface area contributed by atoms with Gasteiger partial charge in [-0.25, -0.2) is 0 Å². The number of nitrogens with one attached hydrogen (secondary N) is 2. The van der Waals surface area contributed by atoms with Gasteiger partial charge in [0.25, 0.3) is 5.91 Å². The van der Waals surface area contributed by atoms with Crippen LogP contribution in [0.15, 0.2) is 27.2 Å². The maximum absolute atomic E-state index is 12.2. The number of nitrogens with zero attached hydrogens (tertiary/aromatic N) is 5. The van der Waals surface area contributed by atoms with Crippen molar-refractivity contribution in [3.63, 3.8) is 0 Å². The van der Waals surface area contributed by atoms with Crippen molar-refractivity contribution in [3.05, 3.63) is 65.8 Å². The molecule has 0 spiro atoms. The van der Waals surface area contributed by atoms with Crippen LogP contribution in [0, 0.1) is 17.0 Å². The molecule has 2 aromatic heterocycles. The molecule has 0 unspecified atom stereocenters. The van der Waals surface area contributed by atoms with E-state index in [4.69, 9.17) is 27.7 Å². The second-order valence-corrected chi connectivity index (χ2v) is 7.93. The molecule has 0 saturated carbocycles. The summed E-state index contributed by atoms with van der Waals surface area (Å²) in [7, 11) is 0. The average Bonchev–Trinajstić information content (AvgIpc) is 3.31. The first-order valence-corrected chi connectivity index (χ1v) is 10.4. The largest absolute Gasteiger partial charge is 0.404 e. The molecule has 3 rings (SSSR count). The lowest BCUT2D eigenvalue weighted by Crippen LogP contribution is -2.35. The highest BCUT2D eigenvalue weighted by atomic mass is 79.9. The molecular weight excluding hydrogens is 533 g/mol. The highest BCUT2D eigenvalue weighted by Crippen LogP contribution is 2.27. The first-order valence-electron chi connectivity index (χ1n) is 8.88. The van der Waals surface area contributed by atoms with E-state index in [2.05, 4.69) is 41.8 Å². The minimum atomic E-state index is -0.646. The van der Waals surface area contributed by atoms with E-state index < -0.39 is 16.7 Å². The molecule has 2 N–H and O–H groups in total. The number of amides is 2. The van der Waals surface area contributed by atoms with Crippen molar-refractivity contribution < 1.29 is 19.0 Å². The summed E-state index contributed by atoms with van der Waals surface area (Å²) in [4.78, 5) is 38.6. The van der Waals surface area contributed by atoms with Crippen LogP contribution in [0.25, 0.3) is 0 Å². The number of aromatic nitrogens is 4. The molecule has 0 radical (unpaired) electrons. The zero-order chi connectivity index (χ0) is 23.4. The second kappa shape index (κ2) is 10.1. The fourth-order valence-corrected chi connectivity index (χ4v) is 3.44. The van der Waals surface area contributed by atoms with Gasteiger partial charge >= 0.3 is 17.6 Å². The van der Waals surface area contributed by atoms with E-state index in [0.29, 0.717) is 10.7 Å². The standard InChI is InChI=1S/C17H14BrCl2N7O5/c1-8-13(18)14(27(30)31)24-26(8)7-12-23-17(32-25-12)16(29)22-5-4-21-15(28)10-3-2-9(19)6-11(10)20/h2-3,6H,4-5,7H2,1H3,(H,21,28)(H,22,29). The molecule has 0 aliphatic rings. The van der Waals surface area contributed by atoms with Gasteiger partial charge in [0, 0.05) is 18.1 Å². The molecule has 32 heavy (non-hydrogen) atoms. The normalized spacial score (nSPS) is 10.8. The van der Waals surface area contributed by atoms with Gasteiger partial charge < -0.3 is 25.3 Å². The summed E-state index contributed by atoms with van der Waals surface area (Å²) in [5.41, 5.74) is 0.744. The number of carbonyl (C=O) groups excluding carboxylic acids is 2. The second-order valence-electron chi connectivity index (χ2n) is 6.29. The maximum atomic E-state index is 12.2. The van der Waals surface area contributed by atoms with Gasteiger partial charge in [-0.15, -0.1) is 0 Å².